The number of fused-ring (bicyclic) bond motifs is 5. The van der Waals surface area contributed by atoms with Crippen molar-refractivity contribution in [1.29, 1.82) is 0 Å². The Morgan fingerprint density at radius 1 is 1.04 bits per heavy atom. The number of aromatic nitrogens is 1. The number of carbonyl (C=O) groups excluding carboxylic acids is 1. The van der Waals surface area contributed by atoms with E-state index >= 15 is 0 Å². The monoisotopic (exact) mass is 385 g/mol. The van der Waals surface area contributed by atoms with Gasteiger partial charge in [-0.25, -0.2) is 0 Å². The van der Waals surface area contributed by atoms with E-state index in [1.165, 1.54) is 38.5 Å². The molecule has 28 heavy (non-hydrogen) atoms. The maximum absolute atomic E-state index is 11.1. The van der Waals surface area contributed by atoms with Crippen LogP contribution in [0.1, 0.15) is 101 Å². The lowest BCUT2D eigenvalue weighted by Crippen LogP contribution is -2.55. The predicted octanol–water partition coefficient (Wildman–Crippen LogP) is 5.36. The first-order valence-electron chi connectivity index (χ1n) is 11.4. The summed E-state index contributed by atoms with van der Waals surface area (Å²) >= 11 is 0. The molecule has 4 nitrogen and oxygen atoms in total. The van der Waals surface area contributed by atoms with Crippen molar-refractivity contribution in [2.45, 2.75) is 90.1 Å². The van der Waals surface area contributed by atoms with E-state index in [9.17, 15) is 9.90 Å². The Hall–Kier alpha value is -1.16. The molecule has 0 radical (unpaired) electrons. The third kappa shape index (κ3) is 2.59. The van der Waals surface area contributed by atoms with E-state index in [0.29, 0.717) is 22.9 Å². The Morgan fingerprint density at radius 2 is 1.82 bits per heavy atom. The van der Waals surface area contributed by atoms with Crippen molar-refractivity contribution in [2.24, 2.45) is 34.5 Å². The van der Waals surface area contributed by atoms with Gasteiger partial charge in [-0.05, 0) is 99.2 Å². The number of hydrogen-bond donors (Lipinski definition) is 1. The minimum atomic E-state index is -0.457. The van der Waals surface area contributed by atoms with Gasteiger partial charge in [-0.1, -0.05) is 19.0 Å². The minimum Gasteiger partial charge on any atom is -0.390 e. The third-order valence-electron chi connectivity index (χ3n) is 9.96. The fourth-order valence-corrected chi connectivity index (χ4v) is 8.42. The van der Waals surface area contributed by atoms with Crippen LogP contribution in [0.15, 0.2) is 10.6 Å². The van der Waals surface area contributed by atoms with Gasteiger partial charge in [-0.3, -0.25) is 4.79 Å². The molecule has 154 valence electrons. The number of rotatable bonds is 2. The highest BCUT2D eigenvalue weighted by atomic mass is 16.5. The highest BCUT2D eigenvalue weighted by Gasteiger charge is 2.61. The van der Waals surface area contributed by atoms with E-state index in [0.717, 1.165) is 49.1 Å². The van der Waals surface area contributed by atoms with Crippen LogP contribution in [0.5, 0.6) is 0 Å². The van der Waals surface area contributed by atoms with E-state index in [1.807, 2.05) is 13.0 Å². The second-order valence-electron chi connectivity index (χ2n) is 11.3. The molecule has 0 bridgehead atoms. The summed E-state index contributed by atoms with van der Waals surface area (Å²) in [5.41, 5.74) is 0.644. The molecule has 0 spiro atoms. The van der Waals surface area contributed by atoms with Gasteiger partial charge in [0.05, 0.1) is 5.60 Å². The standard InChI is InChI=1S/C24H35NO3/c1-22(27)10-11-23(2)15(13-22)4-5-17-18-6-7-20(21-12-16(14-26)25-28-21)24(18,3)9-8-19(17)23/h12,14-15,17-20,27H,4-11,13H2,1-3H3/t15-,17?,18?,19?,20+,22+,23-,24-/m0/s1. The predicted molar refractivity (Wildman–Crippen MR) is 107 cm³/mol. The number of nitrogens with zero attached hydrogens (tertiary/aromatic N) is 1. The first-order chi connectivity index (χ1) is 13.3. The van der Waals surface area contributed by atoms with Crippen LogP contribution in [0.2, 0.25) is 0 Å². The summed E-state index contributed by atoms with van der Waals surface area (Å²) in [4.78, 5) is 11.1. The van der Waals surface area contributed by atoms with Gasteiger partial charge in [0, 0.05) is 12.0 Å². The highest BCUT2D eigenvalue weighted by molar-refractivity contribution is 5.71. The molecule has 3 unspecified atom stereocenters. The summed E-state index contributed by atoms with van der Waals surface area (Å²) in [6, 6.07) is 1.87. The van der Waals surface area contributed by atoms with Gasteiger partial charge in [0.15, 0.2) is 6.29 Å². The minimum absolute atomic E-state index is 0.268. The number of hydrogen-bond acceptors (Lipinski definition) is 4. The zero-order chi connectivity index (χ0) is 19.7. The second kappa shape index (κ2) is 6.17. The van der Waals surface area contributed by atoms with Crippen LogP contribution in [-0.2, 0) is 0 Å². The van der Waals surface area contributed by atoms with Crippen LogP contribution in [0.4, 0.5) is 0 Å². The largest absolute Gasteiger partial charge is 0.390 e. The summed E-state index contributed by atoms with van der Waals surface area (Å²) in [7, 11) is 0. The smallest absolute Gasteiger partial charge is 0.171 e. The lowest BCUT2D eigenvalue weighted by atomic mass is 9.44. The van der Waals surface area contributed by atoms with Gasteiger partial charge in [-0.15, -0.1) is 0 Å². The summed E-state index contributed by atoms with van der Waals surface area (Å²) in [5.74, 6) is 4.38. The number of aliphatic hydroxyl groups is 1. The van der Waals surface area contributed by atoms with Crippen molar-refractivity contribution < 1.29 is 14.4 Å². The van der Waals surface area contributed by atoms with Crippen LogP contribution in [0.25, 0.3) is 0 Å². The van der Waals surface area contributed by atoms with Gasteiger partial charge < -0.3 is 9.63 Å². The van der Waals surface area contributed by atoms with Crippen molar-refractivity contribution in [3.05, 3.63) is 17.5 Å². The van der Waals surface area contributed by atoms with Crippen molar-refractivity contribution >= 4 is 6.29 Å². The maximum atomic E-state index is 11.1. The molecular weight excluding hydrogens is 350 g/mol. The van der Waals surface area contributed by atoms with E-state index in [2.05, 4.69) is 19.0 Å². The molecule has 0 aromatic carbocycles. The van der Waals surface area contributed by atoms with Crippen LogP contribution in [0.3, 0.4) is 0 Å². The topological polar surface area (TPSA) is 63.3 Å². The fourth-order valence-electron chi connectivity index (χ4n) is 8.42. The molecule has 0 aliphatic heterocycles. The third-order valence-corrected chi connectivity index (χ3v) is 9.96. The molecule has 0 saturated heterocycles. The Morgan fingerprint density at radius 3 is 2.57 bits per heavy atom. The molecule has 1 heterocycles. The summed E-state index contributed by atoms with van der Waals surface area (Å²) in [6.07, 6.45) is 11.5. The van der Waals surface area contributed by atoms with Gasteiger partial charge in [0.2, 0.25) is 0 Å². The average molecular weight is 386 g/mol. The average Bonchev–Trinajstić information content (AvgIpc) is 3.25. The molecule has 4 fully saturated rings. The van der Waals surface area contributed by atoms with Crippen molar-refractivity contribution in [1.82, 2.24) is 5.16 Å². The van der Waals surface area contributed by atoms with Gasteiger partial charge in [0.1, 0.15) is 11.5 Å². The van der Waals surface area contributed by atoms with Gasteiger partial charge in [0.25, 0.3) is 0 Å². The fraction of sp³-hybridized carbons (Fsp3) is 0.833. The zero-order valence-corrected chi connectivity index (χ0v) is 17.6. The molecule has 1 N–H and O–H groups in total. The molecule has 1 aromatic heterocycles. The Balaban J connectivity index is 1.41. The van der Waals surface area contributed by atoms with Crippen LogP contribution < -0.4 is 0 Å². The van der Waals surface area contributed by atoms with Gasteiger partial charge in [-0.2, -0.15) is 0 Å². The van der Waals surface area contributed by atoms with E-state index in [-0.39, 0.29) is 5.41 Å². The van der Waals surface area contributed by atoms with Crippen molar-refractivity contribution in [3.63, 3.8) is 0 Å². The maximum Gasteiger partial charge on any atom is 0.171 e. The first kappa shape index (κ1) is 18.8. The molecule has 0 amide bonds. The molecule has 4 aliphatic rings. The lowest BCUT2D eigenvalue weighted by Gasteiger charge is -2.61. The van der Waals surface area contributed by atoms with Crippen LogP contribution >= 0.6 is 0 Å². The van der Waals surface area contributed by atoms with Crippen molar-refractivity contribution in [2.75, 3.05) is 0 Å². The Kier molecular flexibility index (Phi) is 4.15. The summed E-state index contributed by atoms with van der Waals surface area (Å²) in [6.45, 7) is 7.07. The van der Waals surface area contributed by atoms with E-state index in [1.54, 1.807) is 0 Å². The van der Waals surface area contributed by atoms with Gasteiger partial charge >= 0.3 is 0 Å². The van der Waals surface area contributed by atoms with Crippen LogP contribution in [0, 0.1) is 34.5 Å². The lowest BCUT2D eigenvalue weighted by molar-refractivity contribution is -0.144. The molecule has 4 heteroatoms. The summed E-state index contributed by atoms with van der Waals surface area (Å²) in [5, 5.41) is 14.6. The Labute approximate surface area is 168 Å². The molecular formula is C24H35NO3. The van der Waals surface area contributed by atoms with E-state index in [4.69, 9.17) is 4.52 Å². The summed E-state index contributed by atoms with van der Waals surface area (Å²) < 4.78 is 5.61. The molecule has 1 aromatic rings. The zero-order valence-electron chi connectivity index (χ0n) is 17.6. The number of carbonyl (C=O) groups is 1. The number of aldehydes is 1. The molecule has 5 rings (SSSR count). The normalized spacial score (nSPS) is 50.5. The highest BCUT2D eigenvalue weighted by Crippen LogP contribution is 2.69. The quantitative estimate of drug-likeness (QED) is 0.696. The van der Waals surface area contributed by atoms with Crippen molar-refractivity contribution in [3.8, 4) is 0 Å². The first-order valence-corrected chi connectivity index (χ1v) is 11.4. The van der Waals surface area contributed by atoms with E-state index < -0.39 is 5.60 Å². The SMILES string of the molecule is C[C@@]1(O)CC[C@]2(C)C3CC[C@@]4(C)C(CC[C@@H]4c4cc(C=O)no4)C3CC[C@H]2C1. The Bertz CT molecular complexity index is 770. The van der Waals surface area contributed by atoms with Crippen LogP contribution in [-0.4, -0.2) is 22.2 Å². The molecule has 4 aliphatic carbocycles. The molecule has 8 atom stereocenters. The second-order valence-corrected chi connectivity index (χ2v) is 11.3. The molecule has 4 saturated carbocycles.